The summed E-state index contributed by atoms with van der Waals surface area (Å²) < 4.78 is 5.12. The molecule has 1 saturated heterocycles. The predicted octanol–water partition coefficient (Wildman–Crippen LogP) is -1.66. The number of aliphatic carboxylic acids is 2. The highest BCUT2D eigenvalue weighted by molar-refractivity contribution is 6.45. The number of hydrogen-bond donors (Lipinski definition) is 5. The lowest BCUT2D eigenvalue weighted by Crippen LogP contribution is -2.53. The maximum absolute atomic E-state index is 11.6. The second-order valence-corrected chi connectivity index (χ2v) is 4.98. The molecular weight excluding hydrogens is 283 g/mol. The Morgan fingerprint density at radius 1 is 1.33 bits per heavy atom. The Bertz CT molecular complexity index is 406. The van der Waals surface area contributed by atoms with Crippen LogP contribution < -0.4 is 11.1 Å². The molecule has 0 bridgehead atoms. The summed E-state index contributed by atoms with van der Waals surface area (Å²) in [6, 6.07) is -1.11. The summed E-state index contributed by atoms with van der Waals surface area (Å²) in [5.41, 5.74) is 5.28. The van der Waals surface area contributed by atoms with E-state index < -0.39 is 43.1 Å². The highest BCUT2D eigenvalue weighted by Gasteiger charge is 2.36. The molecule has 0 spiro atoms. The van der Waals surface area contributed by atoms with E-state index in [-0.39, 0.29) is 19.3 Å². The number of amides is 1. The van der Waals surface area contributed by atoms with Crippen LogP contribution in [0.2, 0.25) is 0 Å². The Hall–Kier alpha value is -1.65. The van der Waals surface area contributed by atoms with Crippen LogP contribution in [0.15, 0.2) is 0 Å². The normalized spacial score (nSPS) is 23.4. The van der Waals surface area contributed by atoms with E-state index in [0.29, 0.717) is 12.8 Å². The van der Waals surface area contributed by atoms with Gasteiger partial charge < -0.3 is 30.9 Å². The topological polar surface area (TPSA) is 159 Å². The molecule has 3 unspecified atom stereocenters. The molecule has 0 aromatic rings. The first kappa shape index (κ1) is 17.4. The van der Waals surface area contributed by atoms with Gasteiger partial charge in [0.2, 0.25) is 5.91 Å². The van der Waals surface area contributed by atoms with Gasteiger partial charge in [0.1, 0.15) is 6.04 Å². The molecule has 10 heteroatoms. The number of carboxylic acids is 2. The summed E-state index contributed by atoms with van der Waals surface area (Å²) in [6.07, 6.45) is -0.0720. The molecule has 1 rings (SSSR count). The van der Waals surface area contributed by atoms with E-state index in [4.69, 9.17) is 20.6 Å². The van der Waals surface area contributed by atoms with Gasteiger partial charge in [0, 0.05) is 6.42 Å². The quantitative estimate of drug-likeness (QED) is 0.349. The van der Waals surface area contributed by atoms with Crippen molar-refractivity contribution < 1.29 is 34.3 Å². The zero-order valence-corrected chi connectivity index (χ0v) is 11.4. The fourth-order valence-corrected chi connectivity index (χ4v) is 2.05. The molecule has 1 heterocycles. The van der Waals surface area contributed by atoms with E-state index in [1.807, 2.05) is 0 Å². The third kappa shape index (κ3) is 6.11. The molecule has 1 amide bonds. The number of rotatable bonds is 7. The number of hydrogen-bond acceptors (Lipinski definition) is 6. The number of carboxylic acid groups (broad SMARTS) is 2. The van der Waals surface area contributed by atoms with Crippen molar-refractivity contribution in [1.82, 2.24) is 5.32 Å². The standard InChI is InChI=1S/C11H19BN2O7/c13-7(11(18)19)2-4-9(15)14-8-3-1-6(5-10(16)17)21-12(8)20/h6-8,20H,1-5,13H2,(H,14,15)(H,16,17)(H,18,19). The Balaban J connectivity index is 2.34. The minimum Gasteiger partial charge on any atom is -0.481 e. The van der Waals surface area contributed by atoms with Crippen molar-refractivity contribution in [3.05, 3.63) is 0 Å². The largest absolute Gasteiger partial charge is 0.481 e. The van der Waals surface area contributed by atoms with Crippen LogP contribution in [0.25, 0.3) is 0 Å². The first-order valence-electron chi connectivity index (χ1n) is 6.62. The molecule has 0 radical (unpaired) electrons. The fourth-order valence-electron chi connectivity index (χ4n) is 2.05. The second kappa shape index (κ2) is 7.96. The maximum atomic E-state index is 11.6. The smallest absolute Gasteiger partial charge is 0.478 e. The van der Waals surface area contributed by atoms with Gasteiger partial charge in [-0.15, -0.1) is 0 Å². The Morgan fingerprint density at radius 2 is 2.00 bits per heavy atom. The van der Waals surface area contributed by atoms with Gasteiger partial charge in [0.25, 0.3) is 0 Å². The molecule has 0 saturated carbocycles. The van der Waals surface area contributed by atoms with Gasteiger partial charge in [-0.2, -0.15) is 0 Å². The lowest BCUT2D eigenvalue weighted by molar-refractivity contribution is -0.140. The molecular formula is C11H19BN2O7. The average molecular weight is 302 g/mol. The summed E-state index contributed by atoms with van der Waals surface area (Å²) in [5.74, 6) is -3.27. The zero-order valence-electron chi connectivity index (χ0n) is 11.4. The molecule has 1 aliphatic heterocycles. The monoisotopic (exact) mass is 302 g/mol. The molecule has 9 nitrogen and oxygen atoms in total. The van der Waals surface area contributed by atoms with Crippen molar-refractivity contribution in [2.24, 2.45) is 5.73 Å². The van der Waals surface area contributed by atoms with Crippen LogP contribution in [0.4, 0.5) is 0 Å². The predicted molar refractivity (Wildman–Crippen MR) is 71.1 cm³/mol. The first-order chi connectivity index (χ1) is 9.79. The molecule has 21 heavy (non-hydrogen) atoms. The maximum Gasteiger partial charge on any atom is 0.478 e. The van der Waals surface area contributed by atoms with E-state index >= 15 is 0 Å². The van der Waals surface area contributed by atoms with Crippen LogP contribution in [0.5, 0.6) is 0 Å². The van der Waals surface area contributed by atoms with Gasteiger partial charge in [-0.1, -0.05) is 0 Å². The second-order valence-electron chi connectivity index (χ2n) is 4.98. The summed E-state index contributed by atoms with van der Waals surface area (Å²) in [5, 5.41) is 29.5. The number of carbonyl (C=O) groups excluding carboxylic acids is 1. The molecule has 0 aromatic heterocycles. The van der Waals surface area contributed by atoms with Crippen molar-refractivity contribution in [3.8, 4) is 0 Å². The van der Waals surface area contributed by atoms with E-state index in [9.17, 15) is 19.4 Å². The SMILES string of the molecule is NC(CCC(=O)NC1CCC(CC(=O)O)OB1O)C(=O)O. The van der Waals surface area contributed by atoms with Gasteiger partial charge in [0.05, 0.1) is 18.5 Å². The van der Waals surface area contributed by atoms with Crippen LogP contribution in [-0.2, 0) is 19.0 Å². The van der Waals surface area contributed by atoms with E-state index in [2.05, 4.69) is 5.32 Å². The van der Waals surface area contributed by atoms with Gasteiger partial charge in [-0.25, -0.2) is 0 Å². The Kier molecular flexibility index (Phi) is 6.60. The summed E-state index contributed by atoms with van der Waals surface area (Å²) in [4.78, 5) is 32.7. The Labute approximate surface area is 121 Å². The molecule has 1 fully saturated rings. The molecule has 0 aromatic carbocycles. The van der Waals surface area contributed by atoms with Crippen molar-refractivity contribution in [1.29, 1.82) is 0 Å². The highest BCUT2D eigenvalue weighted by atomic mass is 16.5. The number of carbonyl (C=O) groups is 3. The Morgan fingerprint density at radius 3 is 2.52 bits per heavy atom. The summed E-state index contributed by atoms with van der Waals surface area (Å²) >= 11 is 0. The van der Waals surface area contributed by atoms with E-state index in [1.54, 1.807) is 0 Å². The van der Waals surface area contributed by atoms with Crippen molar-refractivity contribution >= 4 is 25.0 Å². The third-order valence-corrected chi connectivity index (χ3v) is 3.22. The number of nitrogens with two attached hydrogens (primary N) is 1. The highest BCUT2D eigenvalue weighted by Crippen LogP contribution is 2.18. The van der Waals surface area contributed by atoms with E-state index in [1.165, 1.54) is 0 Å². The zero-order chi connectivity index (χ0) is 16.0. The molecule has 6 N–H and O–H groups in total. The average Bonchev–Trinajstić information content (AvgIpc) is 2.38. The van der Waals surface area contributed by atoms with Crippen LogP contribution in [0.1, 0.15) is 32.1 Å². The van der Waals surface area contributed by atoms with Crippen molar-refractivity contribution in [2.45, 2.75) is 50.2 Å². The minimum atomic E-state index is -1.28. The summed E-state index contributed by atoms with van der Waals surface area (Å²) in [7, 11) is -1.28. The van der Waals surface area contributed by atoms with Gasteiger partial charge in [-0.05, 0) is 19.3 Å². The van der Waals surface area contributed by atoms with Crippen LogP contribution in [0, 0.1) is 0 Å². The van der Waals surface area contributed by atoms with Crippen molar-refractivity contribution in [3.63, 3.8) is 0 Å². The van der Waals surface area contributed by atoms with Crippen LogP contribution in [-0.4, -0.2) is 58.3 Å². The summed E-state index contributed by atoms with van der Waals surface area (Å²) in [6.45, 7) is 0. The fraction of sp³-hybridized carbons (Fsp3) is 0.727. The van der Waals surface area contributed by atoms with E-state index in [0.717, 1.165) is 0 Å². The lowest BCUT2D eigenvalue weighted by Gasteiger charge is -2.30. The number of nitrogens with one attached hydrogen (secondary N) is 1. The minimum absolute atomic E-state index is 0.00746. The first-order valence-corrected chi connectivity index (χ1v) is 6.62. The molecule has 0 aliphatic carbocycles. The van der Waals surface area contributed by atoms with Gasteiger partial charge in [0.15, 0.2) is 0 Å². The lowest BCUT2D eigenvalue weighted by atomic mass is 9.72. The molecule has 118 valence electrons. The molecule has 1 aliphatic rings. The van der Waals surface area contributed by atoms with Crippen LogP contribution in [0.3, 0.4) is 0 Å². The van der Waals surface area contributed by atoms with Gasteiger partial charge in [-0.3, -0.25) is 14.4 Å². The van der Waals surface area contributed by atoms with Crippen LogP contribution >= 0.6 is 0 Å². The molecule has 3 atom stereocenters. The van der Waals surface area contributed by atoms with Gasteiger partial charge >= 0.3 is 19.1 Å². The third-order valence-electron chi connectivity index (χ3n) is 3.22. The van der Waals surface area contributed by atoms with Crippen molar-refractivity contribution in [2.75, 3.05) is 0 Å².